The Balaban J connectivity index is 2.58. The minimum atomic E-state index is -3.94. The number of sulfonamides is 1. The number of aliphatic hydroxyl groups is 2. The lowest BCUT2D eigenvalue weighted by atomic mass is 10.0. The number of amides is 1. The number of nitrogens with zero attached hydrogens (tertiary/aromatic N) is 2. The van der Waals surface area contributed by atoms with Crippen molar-refractivity contribution in [2.75, 3.05) is 26.7 Å². The maximum Gasteiger partial charge on any atom is 0.247 e. The Morgan fingerprint density at radius 1 is 1.39 bits per heavy atom. The number of carbonyl (C=O) groups excluding carboxylic acids is 1. The molecule has 1 aliphatic rings. The maximum absolute atomic E-state index is 13.4. The highest BCUT2D eigenvalue weighted by Crippen LogP contribution is 2.34. The minimum Gasteiger partial charge on any atom is -0.487 e. The molecular weight excluding hydrogens is 420 g/mol. The number of hydrogen-bond donors (Lipinski definition) is 2. The molecule has 2 N–H and O–H groups in total. The van der Waals surface area contributed by atoms with Crippen LogP contribution in [-0.2, 0) is 14.8 Å². The first kappa shape index (κ1) is 25.1. The van der Waals surface area contributed by atoms with Gasteiger partial charge in [0.2, 0.25) is 15.9 Å². The third kappa shape index (κ3) is 5.98. The summed E-state index contributed by atoms with van der Waals surface area (Å²) >= 11 is 0. The summed E-state index contributed by atoms with van der Waals surface area (Å²) in [6.45, 7) is 6.94. The summed E-state index contributed by atoms with van der Waals surface area (Å²) in [4.78, 5) is 13.7. The van der Waals surface area contributed by atoms with Crippen molar-refractivity contribution in [3.8, 4) is 17.6 Å². The van der Waals surface area contributed by atoms with Gasteiger partial charge in [0.15, 0.2) is 0 Å². The summed E-state index contributed by atoms with van der Waals surface area (Å²) in [6, 6.07) is 3.91. The van der Waals surface area contributed by atoms with Gasteiger partial charge in [0.25, 0.3) is 0 Å². The van der Waals surface area contributed by atoms with E-state index in [0.29, 0.717) is 12.0 Å². The molecule has 0 unspecified atom stereocenters. The summed E-state index contributed by atoms with van der Waals surface area (Å²) in [5.41, 5.74) is 0.501. The third-order valence-electron chi connectivity index (χ3n) is 5.27. The first-order valence-corrected chi connectivity index (χ1v) is 11.8. The van der Waals surface area contributed by atoms with Crippen LogP contribution in [0, 0.1) is 17.8 Å². The summed E-state index contributed by atoms with van der Waals surface area (Å²) in [6.07, 6.45) is -0.938. The molecule has 1 aromatic carbocycles. The molecule has 0 saturated heterocycles. The highest BCUT2D eigenvalue weighted by atomic mass is 32.2. The molecule has 0 saturated carbocycles. The molecule has 31 heavy (non-hydrogen) atoms. The van der Waals surface area contributed by atoms with E-state index in [0.717, 1.165) is 0 Å². The van der Waals surface area contributed by atoms with Crippen molar-refractivity contribution in [3.05, 3.63) is 23.8 Å². The Morgan fingerprint density at radius 3 is 2.65 bits per heavy atom. The topological polar surface area (TPSA) is 107 Å². The first-order chi connectivity index (χ1) is 14.5. The van der Waals surface area contributed by atoms with Gasteiger partial charge in [-0.15, -0.1) is 0 Å². The van der Waals surface area contributed by atoms with E-state index >= 15 is 0 Å². The van der Waals surface area contributed by atoms with E-state index in [4.69, 9.17) is 4.74 Å². The Hall–Kier alpha value is -2.12. The standard InChI is InChI=1S/C22H32N2O6S/c1-6-22(27)23(5)13-20-15(2)12-24(16(3)14-25)31(28,29)21-10-9-18(8-7-17(4)26)11-19(21)30-20/h9-11,15-17,20,25-26H,6,12-14H2,1-5H3/t15-,16-,17+,20+/m0/s1. The molecule has 1 aliphatic heterocycles. The average molecular weight is 453 g/mol. The van der Waals surface area contributed by atoms with Gasteiger partial charge in [-0.05, 0) is 32.0 Å². The van der Waals surface area contributed by atoms with Crippen molar-refractivity contribution in [2.24, 2.45) is 5.92 Å². The number of hydrogen-bond acceptors (Lipinski definition) is 6. The average Bonchev–Trinajstić information content (AvgIpc) is 2.73. The van der Waals surface area contributed by atoms with Crippen molar-refractivity contribution in [1.29, 1.82) is 0 Å². The summed E-state index contributed by atoms with van der Waals surface area (Å²) in [5, 5.41) is 19.1. The van der Waals surface area contributed by atoms with Crippen molar-refractivity contribution in [3.63, 3.8) is 0 Å². The lowest BCUT2D eigenvalue weighted by molar-refractivity contribution is -0.131. The van der Waals surface area contributed by atoms with Gasteiger partial charge >= 0.3 is 0 Å². The van der Waals surface area contributed by atoms with Gasteiger partial charge in [0.1, 0.15) is 22.9 Å². The molecule has 2 rings (SSSR count). The number of carbonyl (C=O) groups is 1. The minimum absolute atomic E-state index is 0.0169. The van der Waals surface area contributed by atoms with E-state index in [2.05, 4.69) is 11.8 Å². The highest BCUT2D eigenvalue weighted by molar-refractivity contribution is 7.89. The zero-order valence-corrected chi connectivity index (χ0v) is 19.5. The Kier molecular flexibility index (Phi) is 8.49. The van der Waals surface area contributed by atoms with Crippen LogP contribution in [0.2, 0.25) is 0 Å². The molecule has 4 atom stereocenters. The molecule has 0 spiro atoms. The summed E-state index contributed by atoms with van der Waals surface area (Å²) in [5.74, 6) is 5.28. The Morgan fingerprint density at radius 2 is 2.06 bits per heavy atom. The van der Waals surface area contributed by atoms with Crippen molar-refractivity contribution in [2.45, 2.75) is 57.3 Å². The third-order valence-corrected chi connectivity index (χ3v) is 7.29. The molecule has 1 heterocycles. The van der Waals surface area contributed by atoms with Crippen molar-refractivity contribution < 1.29 is 28.2 Å². The van der Waals surface area contributed by atoms with Gasteiger partial charge in [0.05, 0.1) is 13.2 Å². The lowest BCUT2D eigenvalue weighted by Crippen LogP contribution is -2.50. The molecule has 0 aliphatic carbocycles. The predicted molar refractivity (Wildman–Crippen MR) is 117 cm³/mol. The molecule has 9 heteroatoms. The molecule has 172 valence electrons. The molecule has 0 fully saturated rings. The summed E-state index contributed by atoms with van der Waals surface area (Å²) in [7, 11) is -2.25. The largest absolute Gasteiger partial charge is 0.487 e. The van der Waals surface area contributed by atoms with Crippen LogP contribution in [-0.4, -0.2) is 78.7 Å². The van der Waals surface area contributed by atoms with Gasteiger partial charge in [-0.2, -0.15) is 4.31 Å². The van der Waals surface area contributed by atoms with Crippen LogP contribution >= 0.6 is 0 Å². The van der Waals surface area contributed by atoms with Gasteiger partial charge in [0, 0.05) is 37.5 Å². The van der Waals surface area contributed by atoms with E-state index in [9.17, 15) is 23.4 Å². The van der Waals surface area contributed by atoms with Crippen molar-refractivity contribution in [1.82, 2.24) is 9.21 Å². The fourth-order valence-electron chi connectivity index (χ4n) is 3.35. The molecular formula is C22H32N2O6S. The zero-order valence-electron chi connectivity index (χ0n) is 18.7. The second kappa shape index (κ2) is 10.5. The van der Waals surface area contributed by atoms with Crippen LogP contribution < -0.4 is 4.74 Å². The SMILES string of the molecule is CCC(=O)N(C)C[C@H]1Oc2cc(C#C[C@@H](C)O)ccc2S(=O)(=O)N([C@@H](C)CO)C[C@@H]1C. The first-order valence-electron chi connectivity index (χ1n) is 10.4. The number of aliphatic hydroxyl groups excluding tert-OH is 2. The smallest absolute Gasteiger partial charge is 0.247 e. The van der Waals surface area contributed by atoms with Gasteiger partial charge in [-0.1, -0.05) is 25.7 Å². The molecule has 1 aromatic rings. The highest BCUT2D eigenvalue weighted by Gasteiger charge is 2.38. The van der Waals surface area contributed by atoms with Gasteiger partial charge in [-0.3, -0.25) is 4.79 Å². The van der Waals surface area contributed by atoms with Crippen molar-refractivity contribution >= 4 is 15.9 Å². The molecule has 0 radical (unpaired) electrons. The lowest BCUT2D eigenvalue weighted by Gasteiger charge is -2.37. The van der Waals surface area contributed by atoms with E-state index in [1.165, 1.54) is 23.4 Å². The van der Waals surface area contributed by atoms with Crippen LogP contribution in [0.15, 0.2) is 23.1 Å². The molecule has 0 aromatic heterocycles. The van der Waals surface area contributed by atoms with Gasteiger partial charge < -0.3 is 19.8 Å². The van der Waals surface area contributed by atoms with Crippen LogP contribution in [0.4, 0.5) is 0 Å². The van der Waals surface area contributed by atoms with Gasteiger partial charge in [-0.25, -0.2) is 8.42 Å². The number of fused-ring (bicyclic) bond motifs is 1. The predicted octanol–water partition coefficient (Wildman–Crippen LogP) is 1.06. The second-order valence-corrected chi connectivity index (χ2v) is 9.83. The fourth-order valence-corrected chi connectivity index (χ4v) is 5.18. The van der Waals surface area contributed by atoms with Crippen LogP contribution in [0.25, 0.3) is 0 Å². The molecule has 1 amide bonds. The van der Waals surface area contributed by atoms with Crippen LogP contribution in [0.5, 0.6) is 5.75 Å². The molecule has 0 bridgehead atoms. The number of benzene rings is 1. The zero-order chi connectivity index (χ0) is 23.3. The summed E-state index contributed by atoms with van der Waals surface area (Å²) < 4.78 is 34.2. The normalized spacial score (nSPS) is 22.5. The van der Waals surface area contributed by atoms with Crippen LogP contribution in [0.3, 0.4) is 0 Å². The Labute approximate surface area is 184 Å². The van der Waals surface area contributed by atoms with E-state index < -0.39 is 28.3 Å². The van der Waals surface area contributed by atoms with E-state index in [1.54, 1.807) is 31.9 Å². The molecule has 8 nitrogen and oxygen atoms in total. The number of ether oxygens (including phenoxy) is 1. The Bertz CT molecular complexity index is 950. The maximum atomic E-state index is 13.4. The second-order valence-electron chi connectivity index (χ2n) is 7.97. The number of likely N-dealkylation sites (N-methyl/N-ethyl adjacent to an activating group) is 1. The fraction of sp³-hybridized carbons (Fsp3) is 0.591. The number of rotatable bonds is 5. The quantitative estimate of drug-likeness (QED) is 0.647. The van der Waals surface area contributed by atoms with E-state index in [-0.39, 0.29) is 42.2 Å². The van der Waals surface area contributed by atoms with E-state index in [1.807, 2.05) is 6.92 Å². The van der Waals surface area contributed by atoms with Crippen LogP contribution in [0.1, 0.15) is 39.7 Å². The monoisotopic (exact) mass is 452 g/mol.